The highest BCUT2D eigenvalue weighted by atomic mass is 16.2. The molecule has 0 saturated heterocycles. The smallest absolute Gasteiger partial charge is 0.0431 e. The zero-order valence-electron chi connectivity index (χ0n) is 10.5. The molecule has 1 nitrogen and oxygen atoms in total. The van der Waals surface area contributed by atoms with E-state index in [0.29, 0.717) is 12.0 Å². The lowest BCUT2D eigenvalue weighted by molar-refractivity contribution is 0.276. The van der Waals surface area contributed by atoms with Crippen molar-refractivity contribution >= 4 is 0 Å². The Labute approximate surface area is 89.9 Å². The van der Waals surface area contributed by atoms with Crippen LogP contribution in [0.4, 0.5) is 0 Å². The molecule has 0 rings (SSSR count). The summed E-state index contributed by atoms with van der Waals surface area (Å²) in [7, 11) is 0. The molecule has 0 bridgehead atoms. The molecule has 0 aromatic heterocycles. The highest BCUT2D eigenvalue weighted by Crippen LogP contribution is 2.27. The number of hydrogen-bond acceptors (Lipinski definition) is 1. The topological polar surface area (TPSA) is 20.2 Å². The van der Waals surface area contributed by atoms with Crippen molar-refractivity contribution in [1.82, 2.24) is 0 Å². The SMILES string of the molecule is CC(CCCCCCO)CC(C)(C)C. The van der Waals surface area contributed by atoms with Gasteiger partial charge < -0.3 is 5.11 Å². The first-order chi connectivity index (χ1) is 6.45. The van der Waals surface area contributed by atoms with Crippen LogP contribution >= 0.6 is 0 Å². The normalized spacial score (nSPS) is 14.4. The summed E-state index contributed by atoms with van der Waals surface area (Å²) in [6.07, 6.45) is 7.47. The lowest BCUT2D eigenvalue weighted by Crippen LogP contribution is -2.10. The number of aliphatic hydroxyl groups excluding tert-OH is 1. The summed E-state index contributed by atoms with van der Waals surface area (Å²) < 4.78 is 0. The second-order valence-corrected chi connectivity index (χ2v) is 5.80. The van der Waals surface area contributed by atoms with Gasteiger partial charge in [0.1, 0.15) is 0 Å². The first-order valence-corrected chi connectivity index (χ1v) is 6.06. The molecule has 0 saturated carbocycles. The Morgan fingerprint density at radius 2 is 1.57 bits per heavy atom. The molecule has 1 unspecified atom stereocenters. The molecule has 0 aromatic rings. The van der Waals surface area contributed by atoms with E-state index in [1.807, 2.05) is 0 Å². The fourth-order valence-electron chi connectivity index (χ4n) is 2.11. The van der Waals surface area contributed by atoms with Gasteiger partial charge in [-0.05, 0) is 24.2 Å². The predicted molar refractivity (Wildman–Crippen MR) is 63.4 cm³/mol. The number of aliphatic hydroxyl groups is 1. The summed E-state index contributed by atoms with van der Waals surface area (Å²) in [5.74, 6) is 0.851. The summed E-state index contributed by atoms with van der Waals surface area (Å²) in [5, 5.41) is 8.63. The van der Waals surface area contributed by atoms with E-state index < -0.39 is 0 Å². The molecule has 1 N–H and O–H groups in total. The summed E-state index contributed by atoms with van der Waals surface area (Å²) in [6.45, 7) is 9.66. The number of rotatable bonds is 7. The minimum absolute atomic E-state index is 0.359. The van der Waals surface area contributed by atoms with Gasteiger partial charge in [-0.3, -0.25) is 0 Å². The zero-order valence-corrected chi connectivity index (χ0v) is 10.5. The van der Waals surface area contributed by atoms with Crippen LogP contribution in [0.15, 0.2) is 0 Å². The van der Waals surface area contributed by atoms with Gasteiger partial charge in [0, 0.05) is 6.61 Å². The average molecular weight is 200 g/mol. The minimum atomic E-state index is 0.359. The first kappa shape index (κ1) is 14.0. The quantitative estimate of drug-likeness (QED) is 0.616. The molecule has 0 aliphatic carbocycles. The molecule has 0 aliphatic rings. The molecule has 0 aromatic carbocycles. The van der Waals surface area contributed by atoms with Crippen molar-refractivity contribution in [1.29, 1.82) is 0 Å². The average Bonchev–Trinajstić information content (AvgIpc) is 2.00. The molecule has 1 heteroatoms. The van der Waals surface area contributed by atoms with Crippen LogP contribution in [0.25, 0.3) is 0 Å². The Bertz CT molecular complexity index is 124. The van der Waals surface area contributed by atoms with Crippen LogP contribution < -0.4 is 0 Å². The molecule has 1 atom stereocenters. The van der Waals surface area contributed by atoms with Gasteiger partial charge in [-0.15, -0.1) is 0 Å². The molecular formula is C13H28O. The second kappa shape index (κ2) is 7.28. The second-order valence-electron chi connectivity index (χ2n) is 5.80. The Morgan fingerprint density at radius 3 is 2.07 bits per heavy atom. The maximum Gasteiger partial charge on any atom is 0.0431 e. The van der Waals surface area contributed by atoms with E-state index >= 15 is 0 Å². The van der Waals surface area contributed by atoms with E-state index in [9.17, 15) is 0 Å². The van der Waals surface area contributed by atoms with Crippen LogP contribution in [0.3, 0.4) is 0 Å². The minimum Gasteiger partial charge on any atom is -0.396 e. The fourth-order valence-corrected chi connectivity index (χ4v) is 2.11. The standard InChI is InChI=1S/C13H28O/c1-12(11-13(2,3)4)9-7-5-6-8-10-14/h12,14H,5-11H2,1-4H3. The number of hydrogen-bond donors (Lipinski definition) is 1. The van der Waals surface area contributed by atoms with Gasteiger partial charge in [-0.1, -0.05) is 53.4 Å². The molecule has 86 valence electrons. The van der Waals surface area contributed by atoms with Crippen LogP contribution in [0.1, 0.15) is 66.2 Å². The molecule has 0 radical (unpaired) electrons. The van der Waals surface area contributed by atoms with Crippen molar-refractivity contribution in [2.45, 2.75) is 66.2 Å². The monoisotopic (exact) mass is 200 g/mol. The van der Waals surface area contributed by atoms with Crippen molar-refractivity contribution < 1.29 is 5.11 Å². The third-order valence-corrected chi connectivity index (χ3v) is 2.57. The van der Waals surface area contributed by atoms with E-state index in [1.165, 1.54) is 32.1 Å². The summed E-state index contributed by atoms with van der Waals surface area (Å²) in [4.78, 5) is 0. The van der Waals surface area contributed by atoms with Crippen LogP contribution in [0, 0.1) is 11.3 Å². The summed E-state index contributed by atoms with van der Waals surface area (Å²) in [6, 6.07) is 0. The maximum absolute atomic E-state index is 8.63. The van der Waals surface area contributed by atoms with Gasteiger partial charge in [-0.2, -0.15) is 0 Å². The number of unbranched alkanes of at least 4 members (excludes halogenated alkanes) is 3. The van der Waals surface area contributed by atoms with Gasteiger partial charge in [0.05, 0.1) is 0 Å². The Balaban J connectivity index is 3.31. The van der Waals surface area contributed by atoms with E-state index in [0.717, 1.165) is 12.3 Å². The van der Waals surface area contributed by atoms with Gasteiger partial charge in [0.2, 0.25) is 0 Å². The van der Waals surface area contributed by atoms with Gasteiger partial charge in [-0.25, -0.2) is 0 Å². The fraction of sp³-hybridized carbons (Fsp3) is 1.00. The van der Waals surface area contributed by atoms with Crippen LogP contribution in [-0.2, 0) is 0 Å². The largest absolute Gasteiger partial charge is 0.396 e. The van der Waals surface area contributed by atoms with Gasteiger partial charge in [0.15, 0.2) is 0 Å². The molecule has 0 amide bonds. The van der Waals surface area contributed by atoms with Gasteiger partial charge >= 0.3 is 0 Å². The maximum atomic E-state index is 8.63. The van der Waals surface area contributed by atoms with Crippen LogP contribution in [0.2, 0.25) is 0 Å². The highest BCUT2D eigenvalue weighted by Gasteiger charge is 2.14. The van der Waals surface area contributed by atoms with Gasteiger partial charge in [0.25, 0.3) is 0 Å². The van der Waals surface area contributed by atoms with Crippen LogP contribution in [0.5, 0.6) is 0 Å². The van der Waals surface area contributed by atoms with Crippen LogP contribution in [-0.4, -0.2) is 11.7 Å². The molecule has 0 spiro atoms. The molecule has 0 heterocycles. The van der Waals surface area contributed by atoms with Crippen molar-refractivity contribution in [2.75, 3.05) is 6.61 Å². The summed E-state index contributed by atoms with van der Waals surface area (Å²) >= 11 is 0. The Morgan fingerprint density at radius 1 is 1.00 bits per heavy atom. The first-order valence-electron chi connectivity index (χ1n) is 6.06. The van der Waals surface area contributed by atoms with Crippen molar-refractivity contribution in [2.24, 2.45) is 11.3 Å². The van der Waals surface area contributed by atoms with E-state index in [4.69, 9.17) is 5.11 Å². The lowest BCUT2D eigenvalue weighted by Gasteiger charge is -2.23. The predicted octanol–water partition coefficient (Wildman–Crippen LogP) is 4.00. The summed E-state index contributed by atoms with van der Waals surface area (Å²) in [5.41, 5.74) is 0.477. The third-order valence-electron chi connectivity index (χ3n) is 2.57. The van der Waals surface area contributed by atoms with E-state index in [2.05, 4.69) is 27.7 Å². The molecule has 0 fully saturated rings. The zero-order chi connectivity index (χ0) is 11.0. The van der Waals surface area contributed by atoms with Crippen molar-refractivity contribution in [3.05, 3.63) is 0 Å². The van der Waals surface area contributed by atoms with Crippen molar-refractivity contribution in [3.8, 4) is 0 Å². The third kappa shape index (κ3) is 10.0. The molecule has 14 heavy (non-hydrogen) atoms. The van der Waals surface area contributed by atoms with E-state index in [1.54, 1.807) is 0 Å². The molecule has 0 aliphatic heterocycles. The van der Waals surface area contributed by atoms with E-state index in [-0.39, 0.29) is 0 Å². The Kier molecular flexibility index (Phi) is 7.26. The molecular weight excluding hydrogens is 172 g/mol. The highest BCUT2D eigenvalue weighted by molar-refractivity contribution is 4.66. The lowest BCUT2D eigenvalue weighted by atomic mass is 9.83. The van der Waals surface area contributed by atoms with Crippen molar-refractivity contribution in [3.63, 3.8) is 0 Å². The Hall–Kier alpha value is -0.0400.